The summed E-state index contributed by atoms with van der Waals surface area (Å²) >= 11 is 1.60. The number of rotatable bonds is 5. The number of fused-ring (bicyclic) bond motifs is 1. The lowest BCUT2D eigenvalue weighted by atomic mass is 10.1. The number of aromatic nitrogens is 1. The molecule has 0 radical (unpaired) electrons. The van der Waals surface area contributed by atoms with E-state index in [4.69, 9.17) is 4.74 Å². The first kappa shape index (κ1) is 18.6. The Hall–Kier alpha value is -3.71. The number of nitro benzene ring substituents is 1. The van der Waals surface area contributed by atoms with Crippen molar-refractivity contribution in [1.29, 1.82) is 0 Å². The Morgan fingerprint density at radius 2 is 1.76 bits per heavy atom. The predicted octanol–water partition coefficient (Wildman–Crippen LogP) is 5.76. The molecule has 0 unspecified atom stereocenters. The summed E-state index contributed by atoms with van der Waals surface area (Å²) in [6.45, 7) is 0. The van der Waals surface area contributed by atoms with Crippen LogP contribution in [-0.4, -0.2) is 22.1 Å². The van der Waals surface area contributed by atoms with E-state index in [1.54, 1.807) is 30.6 Å². The number of aromatic hydroxyl groups is 1. The van der Waals surface area contributed by atoms with Gasteiger partial charge in [-0.25, -0.2) is 4.98 Å². The summed E-state index contributed by atoms with van der Waals surface area (Å²) in [5.41, 5.74) is 3.23. The van der Waals surface area contributed by atoms with Gasteiger partial charge < -0.3 is 9.84 Å². The van der Waals surface area contributed by atoms with E-state index in [2.05, 4.69) is 4.98 Å². The number of nitro groups is 1. The van der Waals surface area contributed by atoms with Crippen molar-refractivity contribution < 1.29 is 14.8 Å². The van der Waals surface area contributed by atoms with E-state index in [0.29, 0.717) is 5.56 Å². The van der Waals surface area contributed by atoms with Crippen molar-refractivity contribution in [1.82, 2.24) is 4.98 Å². The first-order valence-corrected chi connectivity index (χ1v) is 9.55. The molecular formula is C22H16N2O4S. The molecule has 1 N–H and O–H groups in total. The fraction of sp³-hybridized carbons (Fsp3) is 0.0455. The van der Waals surface area contributed by atoms with Crippen LogP contribution in [0.1, 0.15) is 11.1 Å². The summed E-state index contributed by atoms with van der Waals surface area (Å²) in [5, 5.41) is 21.4. The van der Waals surface area contributed by atoms with Crippen LogP contribution in [0.5, 0.6) is 11.5 Å². The van der Waals surface area contributed by atoms with Gasteiger partial charge in [-0.05, 0) is 35.4 Å². The smallest absolute Gasteiger partial charge is 0.311 e. The van der Waals surface area contributed by atoms with E-state index < -0.39 is 4.92 Å². The molecule has 0 saturated heterocycles. The molecule has 6 nitrogen and oxygen atoms in total. The second-order valence-electron chi connectivity index (χ2n) is 6.31. The molecule has 4 aromatic rings. The largest absolute Gasteiger partial charge is 0.502 e. The quantitative estimate of drug-likeness (QED) is 0.260. The van der Waals surface area contributed by atoms with E-state index in [1.807, 2.05) is 48.5 Å². The summed E-state index contributed by atoms with van der Waals surface area (Å²) in [5.74, 6) is 0.465. The van der Waals surface area contributed by atoms with Gasteiger partial charge >= 0.3 is 5.69 Å². The minimum atomic E-state index is -0.602. The summed E-state index contributed by atoms with van der Waals surface area (Å²) in [4.78, 5) is 15.0. The molecular weight excluding hydrogens is 388 g/mol. The molecule has 144 valence electrons. The normalized spacial score (nSPS) is 11.2. The molecule has 0 saturated carbocycles. The summed E-state index contributed by atoms with van der Waals surface area (Å²) in [7, 11) is 1.64. The second-order valence-corrected chi connectivity index (χ2v) is 7.34. The number of nitrogens with zero attached hydrogens (tertiary/aromatic N) is 2. The summed E-state index contributed by atoms with van der Waals surface area (Å²) in [6, 6.07) is 18.0. The number of ether oxygens (including phenoxy) is 1. The van der Waals surface area contributed by atoms with Gasteiger partial charge in [0.1, 0.15) is 10.8 Å². The van der Waals surface area contributed by atoms with Crippen LogP contribution in [0.2, 0.25) is 0 Å². The van der Waals surface area contributed by atoms with Gasteiger partial charge in [-0.2, -0.15) is 0 Å². The Bertz CT molecular complexity index is 1230. The van der Waals surface area contributed by atoms with Crippen LogP contribution < -0.4 is 4.74 Å². The van der Waals surface area contributed by atoms with Gasteiger partial charge in [0.05, 0.1) is 22.2 Å². The molecule has 1 aromatic heterocycles. The molecule has 0 bridgehead atoms. The van der Waals surface area contributed by atoms with Gasteiger partial charge in [0, 0.05) is 11.6 Å². The minimum Gasteiger partial charge on any atom is -0.502 e. The fourth-order valence-corrected chi connectivity index (χ4v) is 3.87. The first-order chi connectivity index (χ1) is 14.0. The lowest BCUT2D eigenvalue weighted by Gasteiger charge is -1.99. The Balaban J connectivity index is 1.56. The van der Waals surface area contributed by atoms with Crippen molar-refractivity contribution in [3.05, 3.63) is 81.9 Å². The third-order valence-electron chi connectivity index (χ3n) is 4.42. The molecule has 7 heteroatoms. The maximum Gasteiger partial charge on any atom is 0.311 e. The minimum absolute atomic E-state index is 0.310. The second kappa shape index (κ2) is 7.73. The number of hydrogen-bond donors (Lipinski definition) is 1. The number of hydrogen-bond acceptors (Lipinski definition) is 6. The highest BCUT2D eigenvalue weighted by Gasteiger charge is 2.12. The first-order valence-electron chi connectivity index (χ1n) is 8.74. The van der Waals surface area contributed by atoms with Crippen LogP contribution >= 0.6 is 11.3 Å². The standard InChI is InChI=1S/C22H16N2O4S/c1-28-17-9-10-18-21(13-17)29-22(23-18)16-7-4-14(5-8-16)2-3-15-6-11-20(25)19(12-15)24(26)27/h2-13,25H,1H3/b3-2+. The zero-order chi connectivity index (χ0) is 20.4. The lowest BCUT2D eigenvalue weighted by Crippen LogP contribution is -1.88. The Morgan fingerprint density at radius 3 is 2.48 bits per heavy atom. The average molecular weight is 404 g/mol. The highest BCUT2D eigenvalue weighted by Crippen LogP contribution is 2.32. The van der Waals surface area contributed by atoms with Crippen molar-refractivity contribution in [2.45, 2.75) is 0 Å². The van der Waals surface area contributed by atoms with Crippen molar-refractivity contribution in [3.63, 3.8) is 0 Å². The van der Waals surface area contributed by atoms with E-state index in [0.717, 1.165) is 32.1 Å². The molecule has 3 aromatic carbocycles. The van der Waals surface area contributed by atoms with Crippen LogP contribution in [0.4, 0.5) is 5.69 Å². The molecule has 0 aliphatic heterocycles. The molecule has 0 spiro atoms. The predicted molar refractivity (Wildman–Crippen MR) is 115 cm³/mol. The molecule has 0 fully saturated rings. The van der Waals surface area contributed by atoms with Gasteiger partial charge in [0.2, 0.25) is 0 Å². The number of phenols is 1. The van der Waals surface area contributed by atoms with Gasteiger partial charge in [-0.1, -0.05) is 42.5 Å². The van der Waals surface area contributed by atoms with E-state index in [9.17, 15) is 15.2 Å². The molecule has 4 rings (SSSR count). The van der Waals surface area contributed by atoms with E-state index in [-0.39, 0.29) is 11.4 Å². The van der Waals surface area contributed by atoms with Crippen LogP contribution in [0.3, 0.4) is 0 Å². The molecule has 0 amide bonds. The maximum atomic E-state index is 10.9. The van der Waals surface area contributed by atoms with Crippen molar-refractivity contribution in [2.24, 2.45) is 0 Å². The van der Waals surface area contributed by atoms with Crippen LogP contribution in [-0.2, 0) is 0 Å². The van der Waals surface area contributed by atoms with Gasteiger partial charge in [-0.15, -0.1) is 11.3 Å². The number of benzene rings is 3. The Labute approximate surface area is 170 Å². The molecule has 29 heavy (non-hydrogen) atoms. The van der Waals surface area contributed by atoms with Crippen molar-refractivity contribution in [3.8, 4) is 22.1 Å². The van der Waals surface area contributed by atoms with Crippen molar-refractivity contribution in [2.75, 3.05) is 7.11 Å². The van der Waals surface area contributed by atoms with Gasteiger partial charge in [0.15, 0.2) is 5.75 Å². The van der Waals surface area contributed by atoms with Crippen LogP contribution in [0.15, 0.2) is 60.7 Å². The molecule has 1 heterocycles. The Morgan fingerprint density at radius 1 is 1.03 bits per heavy atom. The third kappa shape index (κ3) is 3.95. The summed E-state index contributed by atoms with van der Waals surface area (Å²) in [6.07, 6.45) is 3.63. The highest BCUT2D eigenvalue weighted by atomic mass is 32.1. The average Bonchev–Trinajstić information content (AvgIpc) is 3.16. The van der Waals surface area contributed by atoms with E-state index in [1.165, 1.54) is 12.1 Å². The topological polar surface area (TPSA) is 85.5 Å². The number of methoxy groups -OCH3 is 1. The molecule has 0 aliphatic carbocycles. The zero-order valence-corrected chi connectivity index (χ0v) is 16.2. The van der Waals surface area contributed by atoms with Gasteiger partial charge in [-0.3, -0.25) is 10.1 Å². The van der Waals surface area contributed by atoms with Gasteiger partial charge in [0.25, 0.3) is 0 Å². The maximum absolute atomic E-state index is 10.9. The third-order valence-corrected chi connectivity index (χ3v) is 5.48. The fourth-order valence-electron chi connectivity index (χ4n) is 2.88. The summed E-state index contributed by atoms with van der Waals surface area (Å²) < 4.78 is 6.33. The Kier molecular flexibility index (Phi) is 4.97. The number of thiazole rings is 1. The molecule has 0 atom stereocenters. The lowest BCUT2D eigenvalue weighted by molar-refractivity contribution is -0.385. The van der Waals surface area contributed by atoms with Crippen LogP contribution in [0.25, 0.3) is 32.9 Å². The van der Waals surface area contributed by atoms with Crippen molar-refractivity contribution >= 4 is 39.4 Å². The SMILES string of the molecule is COc1ccc2nc(-c3ccc(/C=C/c4ccc(O)c([N+](=O)[O-])c4)cc3)sc2c1. The van der Waals surface area contributed by atoms with Crippen LogP contribution in [0, 0.1) is 10.1 Å². The molecule has 0 aliphatic rings. The van der Waals surface area contributed by atoms with E-state index >= 15 is 0 Å². The highest BCUT2D eigenvalue weighted by molar-refractivity contribution is 7.21. The monoisotopic (exact) mass is 404 g/mol. The zero-order valence-electron chi connectivity index (χ0n) is 15.4. The number of phenolic OH excluding ortho intramolecular Hbond substituents is 1.